The Morgan fingerprint density at radius 2 is 1.94 bits per heavy atom. The van der Waals surface area contributed by atoms with Gasteiger partial charge >= 0.3 is 0 Å². The van der Waals surface area contributed by atoms with Crippen LogP contribution in [0, 0.1) is 17.5 Å². The van der Waals surface area contributed by atoms with Crippen molar-refractivity contribution in [3.63, 3.8) is 0 Å². The van der Waals surface area contributed by atoms with Crippen LogP contribution in [0.2, 0.25) is 0 Å². The minimum Gasteiger partial charge on any atom is -0.326 e. The zero-order valence-corrected chi connectivity index (χ0v) is 10.5. The molecule has 2 aromatic rings. The molecule has 1 heterocycles. The SMILES string of the molecule is CCc1nc(-c2ccc(F)c(F)c2F)sc1CN. The number of nitrogens with zero attached hydrogens (tertiary/aromatic N) is 1. The van der Waals surface area contributed by atoms with E-state index in [2.05, 4.69) is 4.98 Å². The van der Waals surface area contributed by atoms with Crippen molar-refractivity contribution in [3.8, 4) is 10.6 Å². The van der Waals surface area contributed by atoms with Gasteiger partial charge < -0.3 is 5.73 Å². The van der Waals surface area contributed by atoms with E-state index in [9.17, 15) is 13.2 Å². The second-order valence-corrected chi connectivity index (χ2v) is 4.75. The molecule has 0 unspecified atom stereocenters. The fourth-order valence-corrected chi connectivity index (χ4v) is 2.67. The van der Waals surface area contributed by atoms with Gasteiger partial charge in [0.2, 0.25) is 0 Å². The summed E-state index contributed by atoms with van der Waals surface area (Å²) >= 11 is 1.20. The van der Waals surface area contributed by atoms with E-state index >= 15 is 0 Å². The average molecular weight is 272 g/mol. The molecule has 0 aliphatic carbocycles. The highest BCUT2D eigenvalue weighted by atomic mass is 32.1. The molecule has 6 heteroatoms. The molecule has 0 saturated heterocycles. The van der Waals surface area contributed by atoms with Gasteiger partial charge in [-0.1, -0.05) is 6.92 Å². The predicted octanol–water partition coefficient (Wildman–Crippen LogP) is 3.25. The Kier molecular flexibility index (Phi) is 3.68. The molecule has 0 atom stereocenters. The number of hydrogen-bond donors (Lipinski definition) is 1. The Bertz CT molecular complexity index is 559. The third-order valence-corrected chi connectivity index (χ3v) is 3.72. The molecular formula is C12H11F3N2S. The molecule has 1 aromatic carbocycles. The van der Waals surface area contributed by atoms with E-state index in [0.717, 1.165) is 16.6 Å². The van der Waals surface area contributed by atoms with Gasteiger partial charge in [0, 0.05) is 17.0 Å². The average Bonchev–Trinajstić information content (AvgIpc) is 2.79. The molecule has 0 fully saturated rings. The van der Waals surface area contributed by atoms with Gasteiger partial charge in [0.1, 0.15) is 5.01 Å². The number of halogens is 3. The smallest absolute Gasteiger partial charge is 0.195 e. The highest BCUT2D eigenvalue weighted by molar-refractivity contribution is 7.15. The van der Waals surface area contributed by atoms with E-state index in [1.165, 1.54) is 17.4 Å². The summed E-state index contributed by atoms with van der Waals surface area (Å²) in [5, 5.41) is 0.323. The van der Waals surface area contributed by atoms with Gasteiger partial charge in [0.05, 0.1) is 5.69 Å². The molecule has 96 valence electrons. The first-order valence-electron chi connectivity index (χ1n) is 5.41. The topological polar surface area (TPSA) is 38.9 Å². The summed E-state index contributed by atoms with van der Waals surface area (Å²) in [5.41, 5.74) is 6.28. The van der Waals surface area contributed by atoms with Crippen molar-refractivity contribution in [2.24, 2.45) is 5.73 Å². The molecule has 0 aliphatic rings. The third-order valence-electron chi connectivity index (χ3n) is 2.56. The lowest BCUT2D eigenvalue weighted by atomic mass is 10.2. The zero-order chi connectivity index (χ0) is 13.3. The van der Waals surface area contributed by atoms with E-state index < -0.39 is 17.5 Å². The Hall–Kier alpha value is -1.40. The molecule has 0 aliphatic heterocycles. The predicted molar refractivity (Wildman–Crippen MR) is 64.7 cm³/mol. The summed E-state index contributed by atoms with van der Waals surface area (Å²) in [6.07, 6.45) is 0.661. The van der Waals surface area contributed by atoms with Gasteiger partial charge in [0.15, 0.2) is 17.5 Å². The largest absolute Gasteiger partial charge is 0.326 e. The molecule has 0 amide bonds. The van der Waals surface area contributed by atoms with Crippen LogP contribution in [0.4, 0.5) is 13.2 Å². The molecular weight excluding hydrogens is 261 g/mol. The van der Waals surface area contributed by atoms with E-state index in [1.54, 1.807) is 0 Å². The highest BCUT2D eigenvalue weighted by Crippen LogP contribution is 2.31. The van der Waals surface area contributed by atoms with E-state index in [1.807, 2.05) is 6.92 Å². The van der Waals surface area contributed by atoms with Crippen LogP contribution >= 0.6 is 11.3 Å². The first-order valence-corrected chi connectivity index (χ1v) is 6.22. The van der Waals surface area contributed by atoms with Gasteiger partial charge in [0.25, 0.3) is 0 Å². The van der Waals surface area contributed by atoms with Crippen molar-refractivity contribution in [2.75, 3.05) is 0 Å². The monoisotopic (exact) mass is 272 g/mol. The van der Waals surface area contributed by atoms with Gasteiger partial charge in [-0.05, 0) is 18.6 Å². The molecule has 0 bridgehead atoms. The van der Waals surface area contributed by atoms with Gasteiger partial charge in [-0.3, -0.25) is 0 Å². The van der Waals surface area contributed by atoms with Crippen molar-refractivity contribution in [3.05, 3.63) is 40.2 Å². The second kappa shape index (κ2) is 5.07. The van der Waals surface area contributed by atoms with Crippen LogP contribution in [0.3, 0.4) is 0 Å². The molecule has 1 aromatic heterocycles. The molecule has 0 radical (unpaired) electrons. The summed E-state index contributed by atoms with van der Waals surface area (Å²) in [6.45, 7) is 2.20. The summed E-state index contributed by atoms with van der Waals surface area (Å²) < 4.78 is 39.6. The molecule has 2 N–H and O–H groups in total. The van der Waals surface area contributed by atoms with Crippen molar-refractivity contribution < 1.29 is 13.2 Å². The van der Waals surface area contributed by atoms with Crippen LogP contribution in [0.25, 0.3) is 10.6 Å². The summed E-state index contributed by atoms with van der Waals surface area (Å²) in [6, 6.07) is 2.08. The van der Waals surface area contributed by atoms with Crippen LogP contribution in [0.1, 0.15) is 17.5 Å². The normalized spacial score (nSPS) is 10.9. The standard InChI is InChI=1S/C12H11F3N2S/c1-2-8-9(5-16)18-12(17-8)6-3-4-7(13)11(15)10(6)14/h3-4H,2,5,16H2,1H3. The van der Waals surface area contributed by atoms with Crippen molar-refractivity contribution in [2.45, 2.75) is 19.9 Å². The third kappa shape index (κ3) is 2.13. The Morgan fingerprint density at radius 3 is 2.50 bits per heavy atom. The fourth-order valence-electron chi connectivity index (χ4n) is 1.63. The number of benzene rings is 1. The number of thiazole rings is 1. The molecule has 2 rings (SSSR count). The van der Waals surface area contributed by atoms with Crippen molar-refractivity contribution in [1.29, 1.82) is 0 Å². The van der Waals surface area contributed by atoms with Crippen LogP contribution in [-0.2, 0) is 13.0 Å². The lowest BCUT2D eigenvalue weighted by Gasteiger charge is -2.00. The van der Waals surface area contributed by atoms with Gasteiger partial charge in [-0.25, -0.2) is 18.2 Å². The Balaban J connectivity index is 2.55. The second-order valence-electron chi connectivity index (χ2n) is 3.67. The van der Waals surface area contributed by atoms with E-state index in [4.69, 9.17) is 5.73 Å². The minimum atomic E-state index is -1.48. The lowest BCUT2D eigenvalue weighted by Crippen LogP contribution is -1.97. The van der Waals surface area contributed by atoms with Crippen molar-refractivity contribution >= 4 is 11.3 Å². The summed E-state index contributed by atoms with van der Waals surface area (Å²) in [4.78, 5) is 5.04. The number of rotatable bonds is 3. The van der Waals surface area contributed by atoms with Crippen LogP contribution in [0.15, 0.2) is 12.1 Å². The number of nitrogens with two attached hydrogens (primary N) is 1. The zero-order valence-electron chi connectivity index (χ0n) is 9.64. The molecule has 0 saturated carbocycles. The quantitative estimate of drug-likeness (QED) is 0.871. The molecule has 2 nitrogen and oxygen atoms in total. The van der Waals surface area contributed by atoms with Crippen LogP contribution in [0.5, 0.6) is 0 Å². The van der Waals surface area contributed by atoms with Crippen LogP contribution in [-0.4, -0.2) is 4.98 Å². The van der Waals surface area contributed by atoms with Crippen LogP contribution < -0.4 is 5.73 Å². The van der Waals surface area contributed by atoms with E-state index in [0.29, 0.717) is 18.0 Å². The lowest BCUT2D eigenvalue weighted by molar-refractivity contribution is 0.449. The number of aromatic nitrogens is 1. The Labute approximate surface area is 106 Å². The first kappa shape index (κ1) is 13.0. The highest BCUT2D eigenvalue weighted by Gasteiger charge is 2.18. The molecule has 18 heavy (non-hydrogen) atoms. The van der Waals surface area contributed by atoms with Crippen molar-refractivity contribution in [1.82, 2.24) is 4.98 Å². The summed E-state index contributed by atoms with van der Waals surface area (Å²) in [7, 11) is 0. The van der Waals surface area contributed by atoms with Gasteiger partial charge in [-0.2, -0.15) is 0 Å². The Morgan fingerprint density at radius 1 is 1.22 bits per heavy atom. The maximum atomic E-state index is 13.6. The maximum Gasteiger partial charge on any atom is 0.195 e. The maximum absolute atomic E-state index is 13.6. The minimum absolute atomic E-state index is 0.0340. The molecule has 0 spiro atoms. The van der Waals surface area contributed by atoms with Gasteiger partial charge in [-0.15, -0.1) is 11.3 Å². The first-order chi connectivity index (χ1) is 8.58. The van der Waals surface area contributed by atoms with E-state index in [-0.39, 0.29) is 5.56 Å². The number of aryl methyl sites for hydroxylation is 1. The summed E-state index contributed by atoms with van der Waals surface area (Å²) in [5.74, 6) is -3.90. The fraction of sp³-hybridized carbons (Fsp3) is 0.250. The number of hydrogen-bond acceptors (Lipinski definition) is 3.